The maximum atomic E-state index is 13.5. The van der Waals surface area contributed by atoms with Crippen LogP contribution in [0.15, 0.2) is 60.8 Å². The number of hydrogen-bond donors (Lipinski definition) is 2. The molecule has 10 heteroatoms. The van der Waals surface area contributed by atoms with Gasteiger partial charge in [-0.25, -0.2) is 4.57 Å². The summed E-state index contributed by atoms with van der Waals surface area (Å²) in [5.41, 5.74) is 0. The molecule has 0 radical (unpaired) electrons. The molecule has 3 unspecified atom stereocenters. The first-order valence-corrected chi connectivity index (χ1v) is 32.6. The molecule has 0 spiro atoms. The third-order valence-corrected chi connectivity index (χ3v) is 14.7. The Balaban J connectivity index is 5.21. The van der Waals surface area contributed by atoms with Gasteiger partial charge in [-0.2, -0.15) is 0 Å². The zero-order valence-corrected chi connectivity index (χ0v) is 50.2. The monoisotopic (exact) mass is 1060 g/mol. The van der Waals surface area contributed by atoms with Crippen molar-refractivity contribution in [3.63, 3.8) is 0 Å². The number of quaternary nitrogens is 1. The van der Waals surface area contributed by atoms with E-state index in [-0.39, 0.29) is 31.5 Å². The van der Waals surface area contributed by atoms with E-state index >= 15 is 0 Å². The molecule has 0 saturated heterocycles. The lowest BCUT2D eigenvalue weighted by Gasteiger charge is -2.27. The van der Waals surface area contributed by atoms with Gasteiger partial charge >= 0.3 is 13.8 Å². The molecule has 0 aromatic rings. The largest absolute Gasteiger partial charge is 0.472 e. The van der Waals surface area contributed by atoms with Crippen molar-refractivity contribution in [2.24, 2.45) is 0 Å². The SMILES string of the molecule is CC/C=C/C=C/C=C/CCCCCCCCCC(=O)OC(/C=C\CCCCCCCCCCCC)C(COP(=O)(O)OCC[N+](C)(C)C)NC(=O)CCCCCCCCCCCCC/C=C/CCCCCCCC. The molecule has 9 nitrogen and oxygen atoms in total. The van der Waals surface area contributed by atoms with Crippen molar-refractivity contribution in [3.05, 3.63) is 60.8 Å². The van der Waals surface area contributed by atoms with E-state index in [1.807, 2.05) is 33.3 Å². The highest BCUT2D eigenvalue weighted by Gasteiger charge is 2.30. The fourth-order valence-electron chi connectivity index (χ4n) is 8.94. The number of rotatable bonds is 56. The van der Waals surface area contributed by atoms with Crippen molar-refractivity contribution >= 4 is 19.7 Å². The molecule has 0 aliphatic heterocycles. The van der Waals surface area contributed by atoms with E-state index < -0.39 is 20.0 Å². The summed E-state index contributed by atoms with van der Waals surface area (Å²) in [6.45, 7) is 6.89. The number of allylic oxidation sites excluding steroid dienone is 9. The second-order valence-electron chi connectivity index (χ2n) is 22.3. The van der Waals surface area contributed by atoms with Crippen molar-refractivity contribution < 1.29 is 37.3 Å². The number of esters is 1. The van der Waals surface area contributed by atoms with Crippen LogP contribution in [0.3, 0.4) is 0 Å². The molecule has 0 saturated carbocycles. The number of unbranched alkanes of at least 4 members (excludes halogenated alkanes) is 34. The fraction of sp³-hybridized carbons (Fsp3) is 0.812. The number of nitrogens with zero attached hydrogens (tertiary/aromatic N) is 1. The van der Waals surface area contributed by atoms with Crippen molar-refractivity contribution in [1.82, 2.24) is 5.32 Å². The second kappa shape index (κ2) is 54.1. The minimum atomic E-state index is -4.45. The number of carbonyl (C=O) groups excluding carboxylic acids is 2. The number of carbonyl (C=O) groups is 2. The fourth-order valence-corrected chi connectivity index (χ4v) is 9.67. The minimum Gasteiger partial charge on any atom is -0.456 e. The Labute approximate surface area is 458 Å². The van der Waals surface area contributed by atoms with Gasteiger partial charge in [0.05, 0.1) is 33.8 Å². The number of phosphoric ester groups is 1. The molecule has 0 rings (SSSR count). The maximum absolute atomic E-state index is 13.5. The molecule has 2 N–H and O–H groups in total. The number of likely N-dealkylation sites (N-methyl/N-ethyl adjacent to an activating group) is 1. The first kappa shape index (κ1) is 71.7. The van der Waals surface area contributed by atoms with E-state index in [0.29, 0.717) is 17.4 Å². The lowest BCUT2D eigenvalue weighted by molar-refractivity contribution is -0.870. The van der Waals surface area contributed by atoms with Crippen LogP contribution in [0.5, 0.6) is 0 Å². The van der Waals surface area contributed by atoms with Crippen molar-refractivity contribution in [1.29, 1.82) is 0 Å². The van der Waals surface area contributed by atoms with Crippen LogP contribution in [0.25, 0.3) is 0 Å². The van der Waals surface area contributed by atoms with Gasteiger partial charge in [-0.05, 0) is 76.7 Å². The van der Waals surface area contributed by atoms with Gasteiger partial charge < -0.3 is 19.4 Å². The summed E-state index contributed by atoms with van der Waals surface area (Å²) in [6, 6.07) is -0.854. The van der Waals surface area contributed by atoms with Crippen LogP contribution in [0.1, 0.15) is 284 Å². The smallest absolute Gasteiger partial charge is 0.456 e. The number of phosphoric acid groups is 1. The molecule has 1 amide bonds. The molecular formula is C64H120N2O7P+. The van der Waals surface area contributed by atoms with Crippen LogP contribution in [0.2, 0.25) is 0 Å². The average Bonchev–Trinajstić information content (AvgIpc) is 3.36. The Morgan fingerprint density at radius 2 is 0.878 bits per heavy atom. The summed E-state index contributed by atoms with van der Waals surface area (Å²) in [6.07, 6.45) is 67.9. The molecule has 0 heterocycles. The van der Waals surface area contributed by atoms with Crippen LogP contribution in [-0.2, 0) is 27.9 Å². The predicted octanol–water partition coefficient (Wildman–Crippen LogP) is 19.1. The van der Waals surface area contributed by atoms with Gasteiger partial charge in [0.2, 0.25) is 5.91 Å². The van der Waals surface area contributed by atoms with Gasteiger partial charge in [-0.15, -0.1) is 0 Å². The van der Waals surface area contributed by atoms with Gasteiger partial charge in [0, 0.05) is 12.8 Å². The molecule has 0 aromatic heterocycles. The zero-order chi connectivity index (χ0) is 54.3. The first-order valence-electron chi connectivity index (χ1n) is 31.1. The normalized spacial score (nSPS) is 14.1. The standard InChI is InChI=1S/C64H119N2O7P/c1-7-10-13-16-19-22-25-28-30-31-32-33-34-35-37-38-41-44-47-50-53-56-63(67)65-61(60-72-74(69,70)71-59-58-66(4,5)6)62(55-52-49-46-43-40-27-24-21-18-15-12-9-3)73-64(68)57-54-51-48-45-42-39-36-29-26-23-20-17-14-11-8-2/h11,14,17,20,23,26,28,30,52,55,61-62H,7-10,12-13,15-16,18-19,21-22,24-25,27,29,31-51,53-54,56-60H2,1-6H3,(H-,65,67,69,70)/p+1/b14-11+,20-17+,26-23+,30-28+,55-52-. The molecule has 74 heavy (non-hydrogen) atoms. The number of ether oxygens (including phenoxy) is 1. The maximum Gasteiger partial charge on any atom is 0.472 e. The van der Waals surface area contributed by atoms with Gasteiger partial charge in [-0.3, -0.25) is 18.6 Å². The second-order valence-corrected chi connectivity index (χ2v) is 23.7. The van der Waals surface area contributed by atoms with E-state index in [1.165, 1.54) is 173 Å². The Bertz CT molecular complexity index is 1450. The number of hydrogen-bond acceptors (Lipinski definition) is 6. The zero-order valence-electron chi connectivity index (χ0n) is 49.3. The summed E-state index contributed by atoms with van der Waals surface area (Å²) in [7, 11) is 1.49. The minimum absolute atomic E-state index is 0.0372. The van der Waals surface area contributed by atoms with Gasteiger partial charge in [0.1, 0.15) is 19.3 Å². The quantitative estimate of drug-likeness (QED) is 0.0156. The molecule has 432 valence electrons. The van der Waals surface area contributed by atoms with E-state index in [4.69, 9.17) is 13.8 Å². The molecule has 0 aliphatic rings. The molecule has 3 atom stereocenters. The predicted molar refractivity (Wildman–Crippen MR) is 318 cm³/mol. The molecule has 0 aromatic carbocycles. The van der Waals surface area contributed by atoms with Crippen LogP contribution >= 0.6 is 7.82 Å². The lowest BCUT2D eigenvalue weighted by atomic mass is 10.0. The Hall–Kier alpha value is -2.29. The lowest BCUT2D eigenvalue weighted by Crippen LogP contribution is -2.47. The molecule has 0 fully saturated rings. The topological polar surface area (TPSA) is 111 Å². The summed E-state index contributed by atoms with van der Waals surface area (Å²) >= 11 is 0. The summed E-state index contributed by atoms with van der Waals surface area (Å²) in [5, 5.41) is 3.06. The van der Waals surface area contributed by atoms with Crippen molar-refractivity contribution in [3.8, 4) is 0 Å². The van der Waals surface area contributed by atoms with E-state index in [1.54, 1.807) is 0 Å². The van der Waals surface area contributed by atoms with E-state index in [2.05, 4.69) is 74.7 Å². The molecule has 0 bridgehead atoms. The van der Waals surface area contributed by atoms with Gasteiger partial charge in [-0.1, -0.05) is 255 Å². The highest BCUT2D eigenvalue weighted by atomic mass is 31.2. The Morgan fingerprint density at radius 1 is 0.486 bits per heavy atom. The average molecular weight is 1060 g/mol. The van der Waals surface area contributed by atoms with Crippen LogP contribution in [0, 0.1) is 0 Å². The highest BCUT2D eigenvalue weighted by Crippen LogP contribution is 2.43. The van der Waals surface area contributed by atoms with Crippen molar-refractivity contribution in [2.45, 2.75) is 296 Å². The Morgan fingerprint density at radius 3 is 1.32 bits per heavy atom. The summed E-state index contributed by atoms with van der Waals surface area (Å²) in [5.74, 6) is -0.514. The van der Waals surface area contributed by atoms with Crippen LogP contribution < -0.4 is 5.32 Å². The van der Waals surface area contributed by atoms with Crippen molar-refractivity contribution in [2.75, 3.05) is 40.9 Å². The summed E-state index contributed by atoms with van der Waals surface area (Å²) in [4.78, 5) is 37.7. The van der Waals surface area contributed by atoms with Gasteiger partial charge in [0.15, 0.2) is 0 Å². The molecular weight excluding hydrogens is 940 g/mol. The first-order chi connectivity index (χ1) is 35.9. The highest BCUT2D eigenvalue weighted by molar-refractivity contribution is 7.47. The Kier molecular flexibility index (Phi) is 52.4. The third kappa shape index (κ3) is 54.5. The number of amides is 1. The van der Waals surface area contributed by atoms with Gasteiger partial charge in [0.25, 0.3) is 0 Å². The van der Waals surface area contributed by atoms with Crippen LogP contribution in [0.4, 0.5) is 0 Å². The molecule has 0 aliphatic carbocycles. The van der Waals surface area contributed by atoms with E-state index in [9.17, 15) is 19.0 Å². The van der Waals surface area contributed by atoms with E-state index in [0.717, 1.165) is 77.0 Å². The van der Waals surface area contributed by atoms with Crippen LogP contribution in [-0.4, -0.2) is 74.3 Å². The summed E-state index contributed by atoms with van der Waals surface area (Å²) < 4.78 is 30.7. The number of nitrogens with one attached hydrogen (secondary N) is 1. The third-order valence-electron chi connectivity index (χ3n) is 13.8.